The van der Waals surface area contributed by atoms with Gasteiger partial charge >= 0.3 is 0 Å². The lowest BCUT2D eigenvalue weighted by Crippen LogP contribution is -2.44. The van der Waals surface area contributed by atoms with Crippen molar-refractivity contribution in [1.29, 1.82) is 0 Å². The fourth-order valence-corrected chi connectivity index (χ4v) is 1.61. The number of rotatable bonds is 3. The monoisotopic (exact) mass is 290 g/mol. The predicted molar refractivity (Wildman–Crippen MR) is 68.1 cm³/mol. The number of aliphatic hydroxyl groups excluding tert-OH is 1. The summed E-state index contributed by atoms with van der Waals surface area (Å²) in [6.07, 6.45) is 0. The number of aliphatic hydroxyl groups is 1. The van der Waals surface area contributed by atoms with Crippen molar-refractivity contribution >= 4 is 27.3 Å². The van der Waals surface area contributed by atoms with Crippen molar-refractivity contribution < 1.29 is 9.50 Å². The standard InChI is InChI=1S/C11H16BrFN2O/c1-11(2,6-16)15(3)10-4-7(12)8(13)5-9(10)14/h4-5,16H,6,14H2,1-3H3. The van der Waals surface area contributed by atoms with Crippen LogP contribution in [0.2, 0.25) is 0 Å². The van der Waals surface area contributed by atoms with E-state index in [1.165, 1.54) is 6.07 Å². The Kier molecular flexibility index (Phi) is 3.80. The van der Waals surface area contributed by atoms with Gasteiger partial charge < -0.3 is 15.7 Å². The zero-order valence-electron chi connectivity index (χ0n) is 9.59. The van der Waals surface area contributed by atoms with E-state index < -0.39 is 11.4 Å². The van der Waals surface area contributed by atoms with Gasteiger partial charge in [-0.2, -0.15) is 0 Å². The van der Waals surface area contributed by atoms with Crippen LogP contribution in [0.15, 0.2) is 16.6 Å². The second kappa shape index (κ2) is 4.59. The molecule has 0 aromatic heterocycles. The molecule has 1 rings (SSSR count). The minimum Gasteiger partial charge on any atom is -0.397 e. The molecule has 0 radical (unpaired) electrons. The molecule has 1 aromatic carbocycles. The first-order valence-electron chi connectivity index (χ1n) is 4.89. The molecule has 90 valence electrons. The average molecular weight is 291 g/mol. The number of nitrogens with two attached hydrogens (primary N) is 1. The lowest BCUT2D eigenvalue weighted by atomic mass is 10.0. The van der Waals surface area contributed by atoms with Gasteiger partial charge in [-0.3, -0.25) is 0 Å². The Morgan fingerprint density at radius 1 is 1.50 bits per heavy atom. The molecule has 0 unspecified atom stereocenters. The van der Waals surface area contributed by atoms with Gasteiger partial charge in [-0.15, -0.1) is 0 Å². The van der Waals surface area contributed by atoms with Crippen LogP contribution in [0.1, 0.15) is 13.8 Å². The summed E-state index contributed by atoms with van der Waals surface area (Å²) in [4.78, 5) is 1.83. The minimum absolute atomic E-state index is 0.0159. The number of likely N-dealkylation sites (N-methyl/N-ethyl adjacent to an activating group) is 1. The Bertz CT molecular complexity index is 396. The van der Waals surface area contributed by atoms with Gasteiger partial charge in [-0.1, -0.05) is 0 Å². The Hall–Kier alpha value is -0.810. The van der Waals surface area contributed by atoms with Gasteiger partial charge in [-0.05, 0) is 35.8 Å². The van der Waals surface area contributed by atoms with Gasteiger partial charge in [-0.25, -0.2) is 4.39 Å². The molecule has 3 N–H and O–H groups in total. The number of hydrogen-bond acceptors (Lipinski definition) is 3. The van der Waals surface area contributed by atoms with Crippen molar-refractivity contribution in [1.82, 2.24) is 0 Å². The fraction of sp³-hybridized carbons (Fsp3) is 0.455. The molecule has 0 saturated carbocycles. The summed E-state index contributed by atoms with van der Waals surface area (Å²) in [5.41, 5.74) is 6.34. The molecule has 0 spiro atoms. The number of nitrogens with zero attached hydrogens (tertiary/aromatic N) is 1. The summed E-state index contributed by atoms with van der Waals surface area (Å²) < 4.78 is 13.6. The molecule has 0 atom stereocenters. The summed E-state index contributed by atoms with van der Waals surface area (Å²) in [5.74, 6) is -0.392. The van der Waals surface area contributed by atoms with E-state index in [1.54, 1.807) is 6.07 Å². The first-order chi connectivity index (χ1) is 7.29. The number of anilines is 2. The van der Waals surface area contributed by atoms with E-state index in [1.807, 2.05) is 25.8 Å². The van der Waals surface area contributed by atoms with Gasteiger partial charge in [0, 0.05) is 13.1 Å². The fourth-order valence-electron chi connectivity index (χ4n) is 1.27. The zero-order chi connectivity index (χ0) is 12.5. The van der Waals surface area contributed by atoms with Crippen molar-refractivity contribution in [2.24, 2.45) is 0 Å². The minimum atomic E-state index is -0.453. The molecule has 0 amide bonds. The number of benzene rings is 1. The van der Waals surface area contributed by atoms with Crippen LogP contribution in [0.25, 0.3) is 0 Å². The van der Waals surface area contributed by atoms with Crippen molar-refractivity contribution in [3.8, 4) is 0 Å². The molecule has 0 bridgehead atoms. The van der Waals surface area contributed by atoms with Gasteiger partial charge in [0.15, 0.2) is 0 Å². The molecule has 0 aliphatic heterocycles. The third-order valence-corrected chi connectivity index (χ3v) is 3.33. The number of hydrogen-bond donors (Lipinski definition) is 2. The largest absolute Gasteiger partial charge is 0.397 e. The van der Waals surface area contributed by atoms with Gasteiger partial charge in [0.25, 0.3) is 0 Å². The summed E-state index contributed by atoms with van der Waals surface area (Å²) in [6, 6.07) is 2.88. The molecule has 0 saturated heterocycles. The third kappa shape index (κ3) is 2.47. The van der Waals surface area contributed by atoms with Crippen molar-refractivity contribution in [2.75, 3.05) is 24.3 Å². The normalized spacial score (nSPS) is 11.6. The van der Waals surface area contributed by atoms with Crippen LogP contribution in [0.4, 0.5) is 15.8 Å². The van der Waals surface area contributed by atoms with E-state index in [2.05, 4.69) is 15.9 Å². The molecule has 0 aliphatic carbocycles. The molecule has 1 aromatic rings. The Labute approximate surface area is 103 Å². The summed E-state index contributed by atoms with van der Waals surface area (Å²) in [6.45, 7) is 3.74. The Morgan fingerprint density at radius 3 is 2.56 bits per heavy atom. The van der Waals surface area contributed by atoms with Crippen LogP contribution in [0.5, 0.6) is 0 Å². The highest BCUT2D eigenvalue weighted by Gasteiger charge is 2.24. The van der Waals surface area contributed by atoms with Crippen molar-refractivity contribution in [2.45, 2.75) is 19.4 Å². The van der Waals surface area contributed by atoms with Crippen LogP contribution >= 0.6 is 15.9 Å². The third-order valence-electron chi connectivity index (χ3n) is 2.73. The molecule has 5 heteroatoms. The van der Waals surface area contributed by atoms with E-state index in [0.29, 0.717) is 15.8 Å². The molecule has 0 fully saturated rings. The molecule has 3 nitrogen and oxygen atoms in total. The predicted octanol–water partition coefficient (Wildman–Crippen LogP) is 2.38. The van der Waals surface area contributed by atoms with Gasteiger partial charge in [0.05, 0.1) is 28.0 Å². The molecular weight excluding hydrogens is 275 g/mol. The van der Waals surface area contributed by atoms with E-state index in [-0.39, 0.29) is 6.61 Å². The SMILES string of the molecule is CN(c1cc(Br)c(F)cc1N)C(C)(C)CO. The summed E-state index contributed by atoms with van der Waals surface area (Å²) >= 11 is 3.12. The van der Waals surface area contributed by atoms with Crippen molar-refractivity contribution in [3.05, 3.63) is 22.4 Å². The lowest BCUT2D eigenvalue weighted by Gasteiger charge is -2.36. The first-order valence-corrected chi connectivity index (χ1v) is 5.68. The highest BCUT2D eigenvalue weighted by Crippen LogP contribution is 2.32. The van der Waals surface area contributed by atoms with Crippen LogP contribution < -0.4 is 10.6 Å². The highest BCUT2D eigenvalue weighted by molar-refractivity contribution is 9.10. The zero-order valence-corrected chi connectivity index (χ0v) is 11.2. The van der Waals surface area contributed by atoms with Crippen LogP contribution in [0.3, 0.4) is 0 Å². The number of halogens is 2. The molecular formula is C11H16BrFN2O. The quantitative estimate of drug-likeness (QED) is 0.841. The average Bonchev–Trinajstić information content (AvgIpc) is 2.22. The summed E-state index contributed by atoms with van der Waals surface area (Å²) in [7, 11) is 1.81. The van der Waals surface area contributed by atoms with Crippen LogP contribution in [0, 0.1) is 5.82 Å². The maximum Gasteiger partial charge on any atom is 0.139 e. The molecule has 16 heavy (non-hydrogen) atoms. The van der Waals surface area contributed by atoms with Crippen LogP contribution in [-0.2, 0) is 0 Å². The van der Waals surface area contributed by atoms with Gasteiger partial charge in [0.1, 0.15) is 5.82 Å². The first kappa shape index (κ1) is 13.3. The maximum atomic E-state index is 13.2. The smallest absolute Gasteiger partial charge is 0.139 e. The Balaban J connectivity index is 3.19. The summed E-state index contributed by atoms with van der Waals surface area (Å²) in [5, 5.41) is 9.27. The second-order valence-electron chi connectivity index (χ2n) is 4.35. The van der Waals surface area contributed by atoms with E-state index in [0.717, 1.165) is 0 Å². The lowest BCUT2D eigenvalue weighted by molar-refractivity contribution is 0.216. The number of nitrogen functional groups attached to an aromatic ring is 1. The molecule has 0 aliphatic rings. The Morgan fingerprint density at radius 2 is 2.06 bits per heavy atom. The van der Waals surface area contributed by atoms with Gasteiger partial charge in [0.2, 0.25) is 0 Å². The van der Waals surface area contributed by atoms with E-state index in [4.69, 9.17) is 5.73 Å². The maximum absolute atomic E-state index is 13.2. The van der Waals surface area contributed by atoms with E-state index >= 15 is 0 Å². The highest BCUT2D eigenvalue weighted by atomic mass is 79.9. The molecule has 0 heterocycles. The van der Waals surface area contributed by atoms with Crippen LogP contribution in [-0.4, -0.2) is 24.3 Å². The topological polar surface area (TPSA) is 49.5 Å². The van der Waals surface area contributed by atoms with Crippen molar-refractivity contribution in [3.63, 3.8) is 0 Å². The van der Waals surface area contributed by atoms with E-state index in [9.17, 15) is 9.50 Å². The second-order valence-corrected chi connectivity index (χ2v) is 5.21.